The highest BCUT2D eigenvalue weighted by Gasteiger charge is 2.19. The number of anilines is 3. The van der Waals surface area contributed by atoms with Crippen LogP contribution in [0.4, 0.5) is 17.3 Å². The van der Waals surface area contributed by atoms with Gasteiger partial charge in [-0.25, -0.2) is 9.97 Å². The van der Waals surface area contributed by atoms with Gasteiger partial charge in [0.05, 0.1) is 4.90 Å². The standard InChI is InChI=1S/C22H34N4S/c1-8-11-26(12-9-2)22-20(27-10-3)21(23-18(7)24-22)25-19-16(5)13-15(4)14-17(19)6/h13-14H,8-12H2,1-7H3,(H,23,24,25). The molecule has 1 aromatic carbocycles. The van der Waals surface area contributed by atoms with Gasteiger partial charge in [0.2, 0.25) is 0 Å². The minimum atomic E-state index is 0.813. The van der Waals surface area contributed by atoms with Gasteiger partial charge in [-0.3, -0.25) is 0 Å². The van der Waals surface area contributed by atoms with E-state index in [1.807, 2.05) is 18.7 Å². The van der Waals surface area contributed by atoms with Crippen molar-refractivity contribution in [1.29, 1.82) is 0 Å². The van der Waals surface area contributed by atoms with E-state index in [1.54, 1.807) is 0 Å². The Morgan fingerprint density at radius 3 is 2.04 bits per heavy atom. The lowest BCUT2D eigenvalue weighted by Gasteiger charge is -2.26. The second-order valence-electron chi connectivity index (χ2n) is 7.09. The van der Waals surface area contributed by atoms with Crippen LogP contribution in [0.1, 0.15) is 56.1 Å². The highest BCUT2D eigenvalue weighted by atomic mass is 32.2. The summed E-state index contributed by atoms with van der Waals surface area (Å²) < 4.78 is 0. The number of benzene rings is 1. The first-order valence-electron chi connectivity index (χ1n) is 10.0. The molecule has 0 aliphatic carbocycles. The fraction of sp³-hybridized carbons (Fsp3) is 0.545. The molecule has 1 aromatic heterocycles. The van der Waals surface area contributed by atoms with Crippen molar-refractivity contribution in [3.05, 3.63) is 34.6 Å². The Kier molecular flexibility index (Phi) is 7.96. The van der Waals surface area contributed by atoms with Gasteiger partial charge in [0.1, 0.15) is 17.5 Å². The molecule has 4 nitrogen and oxygen atoms in total. The summed E-state index contributed by atoms with van der Waals surface area (Å²) in [6.45, 7) is 17.1. The topological polar surface area (TPSA) is 41.1 Å². The van der Waals surface area contributed by atoms with E-state index in [4.69, 9.17) is 9.97 Å². The van der Waals surface area contributed by atoms with Crippen molar-refractivity contribution in [2.75, 3.05) is 29.1 Å². The molecule has 0 radical (unpaired) electrons. The Morgan fingerprint density at radius 1 is 0.926 bits per heavy atom. The molecule has 0 amide bonds. The summed E-state index contributed by atoms with van der Waals surface area (Å²) in [5, 5.41) is 3.64. The fourth-order valence-corrected chi connectivity index (χ4v) is 4.31. The van der Waals surface area contributed by atoms with E-state index in [1.165, 1.54) is 16.7 Å². The number of rotatable bonds is 9. The Hall–Kier alpha value is -1.75. The normalized spacial score (nSPS) is 10.9. The molecule has 0 unspecified atom stereocenters. The van der Waals surface area contributed by atoms with Crippen molar-refractivity contribution >= 4 is 29.1 Å². The fourth-order valence-electron chi connectivity index (χ4n) is 3.48. The van der Waals surface area contributed by atoms with Gasteiger partial charge >= 0.3 is 0 Å². The average Bonchev–Trinajstić information content (AvgIpc) is 2.59. The zero-order valence-electron chi connectivity index (χ0n) is 17.9. The Labute approximate surface area is 169 Å². The van der Waals surface area contributed by atoms with E-state index in [9.17, 15) is 0 Å². The first-order valence-corrected chi connectivity index (χ1v) is 11.0. The maximum Gasteiger partial charge on any atom is 0.150 e. The van der Waals surface area contributed by atoms with Crippen molar-refractivity contribution in [1.82, 2.24) is 9.97 Å². The van der Waals surface area contributed by atoms with Crippen LogP contribution in [-0.4, -0.2) is 28.8 Å². The number of aryl methyl sites for hydroxylation is 4. The molecule has 1 heterocycles. The van der Waals surface area contributed by atoms with E-state index in [2.05, 4.69) is 63.9 Å². The van der Waals surface area contributed by atoms with Gasteiger partial charge in [-0.05, 0) is 57.4 Å². The van der Waals surface area contributed by atoms with E-state index < -0.39 is 0 Å². The number of hydrogen-bond acceptors (Lipinski definition) is 5. The van der Waals surface area contributed by atoms with Crippen LogP contribution in [-0.2, 0) is 0 Å². The summed E-state index contributed by atoms with van der Waals surface area (Å²) >= 11 is 1.82. The molecule has 0 aliphatic heterocycles. The minimum Gasteiger partial charge on any atom is -0.356 e. The minimum absolute atomic E-state index is 0.813. The van der Waals surface area contributed by atoms with Crippen LogP contribution in [0.5, 0.6) is 0 Å². The Morgan fingerprint density at radius 2 is 1.52 bits per heavy atom. The summed E-state index contributed by atoms with van der Waals surface area (Å²) in [7, 11) is 0. The maximum atomic E-state index is 4.84. The van der Waals surface area contributed by atoms with Gasteiger partial charge in [-0.15, -0.1) is 11.8 Å². The predicted molar refractivity (Wildman–Crippen MR) is 120 cm³/mol. The summed E-state index contributed by atoms with van der Waals surface area (Å²) in [4.78, 5) is 13.2. The van der Waals surface area contributed by atoms with E-state index in [0.717, 1.165) is 59.7 Å². The van der Waals surface area contributed by atoms with Crippen molar-refractivity contribution < 1.29 is 0 Å². The third kappa shape index (κ3) is 5.38. The molecular weight excluding hydrogens is 352 g/mol. The van der Waals surface area contributed by atoms with Crippen molar-refractivity contribution in [3.63, 3.8) is 0 Å². The summed E-state index contributed by atoms with van der Waals surface area (Å²) in [6.07, 6.45) is 2.22. The smallest absolute Gasteiger partial charge is 0.150 e. The molecule has 148 valence electrons. The maximum absolute atomic E-state index is 4.84. The van der Waals surface area contributed by atoms with Gasteiger partial charge in [-0.1, -0.05) is 38.5 Å². The van der Waals surface area contributed by atoms with E-state index in [0.29, 0.717) is 0 Å². The first kappa shape index (κ1) is 21.5. The lowest BCUT2D eigenvalue weighted by Crippen LogP contribution is -2.27. The summed E-state index contributed by atoms with van der Waals surface area (Å²) in [5.74, 6) is 3.80. The molecule has 0 saturated carbocycles. The second kappa shape index (κ2) is 9.98. The molecule has 0 fully saturated rings. The molecule has 0 saturated heterocycles. The lowest BCUT2D eigenvalue weighted by atomic mass is 10.1. The summed E-state index contributed by atoms with van der Waals surface area (Å²) in [6, 6.07) is 4.44. The molecule has 0 aliphatic rings. The van der Waals surface area contributed by atoms with Crippen LogP contribution in [0.25, 0.3) is 0 Å². The van der Waals surface area contributed by atoms with Crippen LogP contribution >= 0.6 is 11.8 Å². The van der Waals surface area contributed by atoms with Crippen molar-refractivity contribution in [3.8, 4) is 0 Å². The van der Waals surface area contributed by atoms with Gasteiger partial charge in [-0.2, -0.15) is 0 Å². The number of hydrogen-bond donors (Lipinski definition) is 1. The second-order valence-corrected chi connectivity index (χ2v) is 8.37. The molecule has 5 heteroatoms. The van der Waals surface area contributed by atoms with Gasteiger partial charge in [0.25, 0.3) is 0 Å². The van der Waals surface area contributed by atoms with Crippen LogP contribution in [0.15, 0.2) is 17.0 Å². The highest BCUT2D eigenvalue weighted by Crippen LogP contribution is 2.37. The van der Waals surface area contributed by atoms with Crippen molar-refractivity contribution in [2.45, 2.75) is 66.2 Å². The lowest BCUT2D eigenvalue weighted by molar-refractivity contribution is 0.722. The van der Waals surface area contributed by atoms with Gasteiger partial charge in [0.15, 0.2) is 0 Å². The molecule has 27 heavy (non-hydrogen) atoms. The van der Waals surface area contributed by atoms with Crippen LogP contribution in [0.3, 0.4) is 0 Å². The largest absolute Gasteiger partial charge is 0.356 e. The third-order valence-corrected chi connectivity index (χ3v) is 5.41. The first-order chi connectivity index (χ1) is 12.9. The molecule has 1 N–H and O–H groups in total. The molecule has 0 bridgehead atoms. The van der Waals surface area contributed by atoms with E-state index >= 15 is 0 Å². The Bertz CT molecular complexity index is 744. The van der Waals surface area contributed by atoms with Crippen LogP contribution in [0, 0.1) is 27.7 Å². The number of nitrogens with one attached hydrogen (secondary N) is 1. The summed E-state index contributed by atoms with van der Waals surface area (Å²) in [5.41, 5.74) is 4.93. The number of nitrogens with zero attached hydrogens (tertiary/aromatic N) is 3. The molecule has 2 rings (SSSR count). The predicted octanol–water partition coefficient (Wildman–Crippen LogP) is 6.19. The van der Waals surface area contributed by atoms with Gasteiger partial charge in [0, 0.05) is 18.8 Å². The molecule has 0 spiro atoms. The highest BCUT2D eigenvalue weighted by molar-refractivity contribution is 7.99. The third-order valence-electron chi connectivity index (χ3n) is 4.46. The monoisotopic (exact) mass is 386 g/mol. The van der Waals surface area contributed by atoms with Crippen LogP contribution < -0.4 is 10.2 Å². The zero-order chi connectivity index (χ0) is 20.0. The SMILES string of the molecule is CCCN(CCC)c1nc(C)nc(Nc2c(C)cc(C)cc2C)c1SCC. The molecule has 2 aromatic rings. The zero-order valence-corrected chi connectivity index (χ0v) is 18.8. The number of thioether (sulfide) groups is 1. The molecule has 0 atom stereocenters. The quantitative estimate of drug-likeness (QED) is 0.520. The molecular formula is C22H34N4S. The van der Waals surface area contributed by atoms with Crippen molar-refractivity contribution in [2.24, 2.45) is 0 Å². The Balaban J connectivity index is 2.56. The number of aromatic nitrogens is 2. The van der Waals surface area contributed by atoms with E-state index in [-0.39, 0.29) is 0 Å². The average molecular weight is 387 g/mol. The van der Waals surface area contributed by atoms with Gasteiger partial charge < -0.3 is 10.2 Å². The van der Waals surface area contributed by atoms with Crippen LogP contribution in [0.2, 0.25) is 0 Å².